The molecule has 2 aromatic carbocycles. The van der Waals surface area contributed by atoms with Crippen molar-refractivity contribution < 1.29 is 9.47 Å². The number of para-hydroxylation sites is 2. The molecule has 0 amide bonds. The fourth-order valence-corrected chi connectivity index (χ4v) is 2.56. The second-order valence-corrected chi connectivity index (χ2v) is 5.78. The smallest absolute Gasteiger partial charge is 0.169 e. The average molecular weight is 350 g/mol. The summed E-state index contributed by atoms with van der Waals surface area (Å²) in [6.07, 6.45) is 0.842. The first-order valence-electron chi connectivity index (χ1n) is 7.04. The highest BCUT2D eigenvalue weighted by atomic mass is 79.9. The summed E-state index contributed by atoms with van der Waals surface area (Å²) in [5.41, 5.74) is 7.01. The standard InChI is InChI=1S/C17H20BrNO2/c1-3-20-16-6-4-5-7-17(16)21-15-9-8-13(10-12(2)19)11-14(15)18/h4-9,11-12H,3,10,19H2,1-2H3. The lowest BCUT2D eigenvalue weighted by Crippen LogP contribution is -2.17. The maximum Gasteiger partial charge on any atom is 0.169 e. The van der Waals surface area contributed by atoms with Gasteiger partial charge in [-0.05, 0) is 66.0 Å². The van der Waals surface area contributed by atoms with E-state index in [1.807, 2.05) is 56.3 Å². The molecule has 1 atom stereocenters. The van der Waals surface area contributed by atoms with E-state index in [0.717, 1.165) is 22.4 Å². The third-order valence-electron chi connectivity index (χ3n) is 2.92. The Balaban J connectivity index is 2.20. The molecular weight excluding hydrogens is 330 g/mol. The van der Waals surface area contributed by atoms with Crippen LogP contribution in [0.1, 0.15) is 19.4 Å². The quantitative estimate of drug-likeness (QED) is 0.833. The first-order chi connectivity index (χ1) is 10.1. The highest BCUT2D eigenvalue weighted by Crippen LogP contribution is 2.35. The van der Waals surface area contributed by atoms with Gasteiger partial charge in [0, 0.05) is 6.04 Å². The van der Waals surface area contributed by atoms with Gasteiger partial charge in [-0.1, -0.05) is 18.2 Å². The van der Waals surface area contributed by atoms with Crippen LogP contribution in [0.2, 0.25) is 0 Å². The van der Waals surface area contributed by atoms with Crippen molar-refractivity contribution in [2.75, 3.05) is 6.61 Å². The van der Waals surface area contributed by atoms with Crippen LogP contribution in [-0.2, 0) is 6.42 Å². The third-order valence-corrected chi connectivity index (χ3v) is 3.54. The fraction of sp³-hybridized carbons (Fsp3) is 0.294. The van der Waals surface area contributed by atoms with Gasteiger partial charge in [0.05, 0.1) is 11.1 Å². The van der Waals surface area contributed by atoms with Gasteiger partial charge >= 0.3 is 0 Å². The Morgan fingerprint density at radius 3 is 2.43 bits per heavy atom. The van der Waals surface area contributed by atoms with Gasteiger partial charge < -0.3 is 15.2 Å². The zero-order valence-corrected chi connectivity index (χ0v) is 13.9. The molecule has 2 aromatic rings. The molecule has 0 spiro atoms. The lowest BCUT2D eigenvalue weighted by Gasteiger charge is -2.13. The lowest BCUT2D eigenvalue weighted by molar-refractivity contribution is 0.321. The van der Waals surface area contributed by atoms with Crippen LogP contribution in [0.5, 0.6) is 17.2 Å². The zero-order valence-electron chi connectivity index (χ0n) is 12.3. The minimum absolute atomic E-state index is 0.141. The number of ether oxygens (including phenoxy) is 2. The van der Waals surface area contributed by atoms with E-state index in [1.165, 1.54) is 5.56 Å². The molecule has 0 saturated heterocycles. The van der Waals surface area contributed by atoms with Crippen molar-refractivity contribution in [3.05, 3.63) is 52.5 Å². The van der Waals surface area contributed by atoms with Crippen molar-refractivity contribution in [1.82, 2.24) is 0 Å². The van der Waals surface area contributed by atoms with Crippen LogP contribution in [0, 0.1) is 0 Å². The molecule has 0 aliphatic carbocycles. The van der Waals surface area contributed by atoms with E-state index >= 15 is 0 Å². The molecule has 2 rings (SSSR count). The number of hydrogen-bond donors (Lipinski definition) is 1. The third kappa shape index (κ3) is 4.48. The van der Waals surface area contributed by atoms with E-state index < -0.39 is 0 Å². The summed E-state index contributed by atoms with van der Waals surface area (Å²) < 4.78 is 12.4. The Labute approximate surface area is 134 Å². The van der Waals surface area contributed by atoms with Crippen LogP contribution in [0.25, 0.3) is 0 Å². The van der Waals surface area contributed by atoms with E-state index in [9.17, 15) is 0 Å². The van der Waals surface area contributed by atoms with E-state index in [4.69, 9.17) is 15.2 Å². The Hall–Kier alpha value is -1.52. The van der Waals surface area contributed by atoms with Crippen molar-refractivity contribution in [3.8, 4) is 17.2 Å². The van der Waals surface area contributed by atoms with Crippen LogP contribution >= 0.6 is 15.9 Å². The molecule has 1 unspecified atom stereocenters. The van der Waals surface area contributed by atoms with Crippen molar-refractivity contribution in [2.45, 2.75) is 26.3 Å². The topological polar surface area (TPSA) is 44.5 Å². The van der Waals surface area contributed by atoms with Gasteiger partial charge in [0.15, 0.2) is 11.5 Å². The van der Waals surface area contributed by atoms with E-state index in [0.29, 0.717) is 12.4 Å². The molecule has 0 heterocycles. The molecule has 21 heavy (non-hydrogen) atoms. The van der Waals surface area contributed by atoms with E-state index in [-0.39, 0.29) is 6.04 Å². The molecule has 0 radical (unpaired) electrons. The van der Waals surface area contributed by atoms with E-state index in [2.05, 4.69) is 15.9 Å². The Bertz CT molecular complexity index is 599. The maximum atomic E-state index is 5.95. The van der Waals surface area contributed by atoms with Gasteiger partial charge in [-0.3, -0.25) is 0 Å². The molecule has 3 nitrogen and oxygen atoms in total. The summed E-state index contributed by atoms with van der Waals surface area (Å²) >= 11 is 3.55. The van der Waals surface area contributed by atoms with Crippen LogP contribution in [0.3, 0.4) is 0 Å². The van der Waals surface area contributed by atoms with Gasteiger partial charge in [-0.2, -0.15) is 0 Å². The van der Waals surface area contributed by atoms with Gasteiger partial charge in [0.2, 0.25) is 0 Å². The number of halogens is 1. The van der Waals surface area contributed by atoms with Crippen molar-refractivity contribution in [1.29, 1.82) is 0 Å². The molecule has 0 aliphatic heterocycles. The van der Waals surface area contributed by atoms with Crippen molar-refractivity contribution >= 4 is 15.9 Å². The largest absolute Gasteiger partial charge is 0.490 e. The van der Waals surface area contributed by atoms with Gasteiger partial charge in [0.1, 0.15) is 5.75 Å². The van der Waals surface area contributed by atoms with E-state index in [1.54, 1.807) is 0 Å². The molecule has 0 bridgehead atoms. The second kappa shape index (κ2) is 7.48. The SMILES string of the molecule is CCOc1ccccc1Oc1ccc(CC(C)N)cc1Br. The van der Waals surface area contributed by atoms with Gasteiger partial charge in [-0.15, -0.1) is 0 Å². The monoisotopic (exact) mass is 349 g/mol. The molecule has 2 N–H and O–H groups in total. The summed E-state index contributed by atoms with van der Waals surface area (Å²) in [5, 5.41) is 0. The Morgan fingerprint density at radius 2 is 1.81 bits per heavy atom. The molecule has 0 saturated carbocycles. The predicted octanol–water partition coefficient (Wildman–Crippen LogP) is 4.53. The van der Waals surface area contributed by atoms with Crippen LogP contribution < -0.4 is 15.2 Å². The lowest BCUT2D eigenvalue weighted by atomic mass is 10.1. The molecular formula is C17H20BrNO2. The maximum absolute atomic E-state index is 5.95. The molecule has 0 aromatic heterocycles. The minimum atomic E-state index is 0.141. The van der Waals surface area contributed by atoms with Crippen LogP contribution in [-0.4, -0.2) is 12.6 Å². The minimum Gasteiger partial charge on any atom is -0.490 e. The fourth-order valence-electron chi connectivity index (χ4n) is 2.05. The van der Waals surface area contributed by atoms with Crippen molar-refractivity contribution in [3.63, 3.8) is 0 Å². The number of nitrogens with two attached hydrogens (primary N) is 1. The summed E-state index contributed by atoms with van der Waals surface area (Å²) in [6, 6.07) is 13.8. The molecule has 0 fully saturated rings. The summed E-state index contributed by atoms with van der Waals surface area (Å²) in [6.45, 7) is 4.56. The highest BCUT2D eigenvalue weighted by molar-refractivity contribution is 9.10. The normalized spacial score (nSPS) is 12.0. The van der Waals surface area contributed by atoms with Crippen LogP contribution in [0.4, 0.5) is 0 Å². The predicted molar refractivity (Wildman–Crippen MR) is 89.2 cm³/mol. The average Bonchev–Trinajstić information content (AvgIpc) is 2.43. The van der Waals surface area contributed by atoms with Crippen molar-refractivity contribution in [2.24, 2.45) is 5.73 Å². The summed E-state index contributed by atoms with van der Waals surface area (Å²) in [7, 11) is 0. The molecule has 4 heteroatoms. The zero-order chi connectivity index (χ0) is 15.2. The number of benzene rings is 2. The first kappa shape index (κ1) is 15.9. The molecule has 112 valence electrons. The van der Waals surface area contributed by atoms with Gasteiger partial charge in [-0.25, -0.2) is 0 Å². The number of hydrogen-bond acceptors (Lipinski definition) is 3. The molecule has 0 aliphatic rings. The van der Waals surface area contributed by atoms with Crippen LogP contribution in [0.15, 0.2) is 46.9 Å². The Morgan fingerprint density at radius 1 is 1.10 bits per heavy atom. The van der Waals surface area contributed by atoms with Gasteiger partial charge in [0.25, 0.3) is 0 Å². The summed E-state index contributed by atoms with van der Waals surface area (Å²) in [5.74, 6) is 2.21. The number of rotatable bonds is 6. The Kier molecular flexibility index (Phi) is 5.65. The highest BCUT2D eigenvalue weighted by Gasteiger charge is 2.09. The second-order valence-electron chi connectivity index (χ2n) is 4.93. The first-order valence-corrected chi connectivity index (χ1v) is 7.83. The summed E-state index contributed by atoms with van der Waals surface area (Å²) in [4.78, 5) is 0.